The lowest BCUT2D eigenvalue weighted by Crippen LogP contribution is -2.61. The SMILES string of the molecule is O=C1C2CCCC3C(NCCCO)CCC(C(=O)N1CCCO)C23. The van der Waals surface area contributed by atoms with E-state index in [1.807, 2.05) is 0 Å². The van der Waals surface area contributed by atoms with Gasteiger partial charge < -0.3 is 15.5 Å². The zero-order chi connectivity index (χ0) is 17.1. The molecular weight excluding hydrogens is 308 g/mol. The van der Waals surface area contributed by atoms with E-state index in [1.165, 1.54) is 4.90 Å². The largest absolute Gasteiger partial charge is 0.396 e. The predicted octanol–water partition coefficient (Wildman–Crippen LogP) is 0.521. The third kappa shape index (κ3) is 3.24. The molecule has 1 heterocycles. The van der Waals surface area contributed by atoms with Crippen LogP contribution in [0.2, 0.25) is 0 Å². The summed E-state index contributed by atoms with van der Waals surface area (Å²) in [6.07, 6.45) is 6.05. The molecule has 1 saturated heterocycles. The van der Waals surface area contributed by atoms with Gasteiger partial charge in [0.05, 0.1) is 0 Å². The summed E-state index contributed by atoms with van der Waals surface area (Å²) in [5.74, 6) is 0.532. The van der Waals surface area contributed by atoms with Crippen molar-refractivity contribution >= 4 is 11.8 Å². The topological polar surface area (TPSA) is 89.9 Å². The van der Waals surface area contributed by atoms with Crippen LogP contribution >= 0.6 is 0 Å². The molecule has 1 aliphatic heterocycles. The second kappa shape index (κ2) is 7.93. The predicted molar refractivity (Wildman–Crippen MR) is 89.0 cm³/mol. The van der Waals surface area contributed by atoms with Gasteiger partial charge in [-0.3, -0.25) is 14.5 Å². The molecule has 0 aromatic carbocycles. The zero-order valence-electron chi connectivity index (χ0n) is 14.3. The van der Waals surface area contributed by atoms with Crippen molar-refractivity contribution in [2.45, 2.75) is 51.0 Å². The van der Waals surface area contributed by atoms with Crippen LogP contribution in [0.15, 0.2) is 0 Å². The van der Waals surface area contributed by atoms with Gasteiger partial charge in [0.1, 0.15) is 0 Å². The smallest absolute Gasteiger partial charge is 0.232 e. The second-order valence-electron chi connectivity index (χ2n) is 7.51. The number of nitrogens with one attached hydrogen (secondary N) is 1. The summed E-state index contributed by atoms with van der Waals surface area (Å²) in [5.41, 5.74) is 0. The summed E-state index contributed by atoms with van der Waals surface area (Å²) in [6.45, 7) is 1.35. The molecule has 3 rings (SSSR count). The Morgan fingerprint density at radius 1 is 0.958 bits per heavy atom. The standard InChI is InChI=1S/C18H30N2O4/c21-10-2-8-19-15-7-6-14-16-12(15)4-1-5-13(16)17(23)20(18(14)24)9-3-11-22/h12-16,19,21-22H,1-11H2. The summed E-state index contributed by atoms with van der Waals surface area (Å²) in [5, 5.41) is 21.6. The number of piperidine rings is 1. The van der Waals surface area contributed by atoms with E-state index < -0.39 is 0 Å². The third-order valence-corrected chi connectivity index (χ3v) is 6.23. The van der Waals surface area contributed by atoms with E-state index in [-0.39, 0.29) is 42.8 Å². The Morgan fingerprint density at radius 3 is 2.38 bits per heavy atom. The lowest BCUT2D eigenvalue weighted by molar-refractivity contribution is -0.167. The molecule has 136 valence electrons. The fraction of sp³-hybridized carbons (Fsp3) is 0.889. The van der Waals surface area contributed by atoms with Gasteiger partial charge in [0.2, 0.25) is 11.8 Å². The van der Waals surface area contributed by atoms with Crippen molar-refractivity contribution in [1.82, 2.24) is 10.2 Å². The molecule has 0 aromatic heterocycles. The number of likely N-dealkylation sites (tertiary alicyclic amines) is 1. The molecule has 2 aliphatic carbocycles. The molecule has 24 heavy (non-hydrogen) atoms. The van der Waals surface area contributed by atoms with Crippen LogP contribution in [0, 0.1) is 23.7 Å². The van der Waals surface area contributed by atoms with Gasteiger partial charge in [0.25, 0.3) is 0 Å². The van der Waals surface area contributed by atoms with Crippen LogP contribution in [0.4, 0.5) is 0 Å². The Hall–Kier alpha value is -0.980. The van der Waals surface area contributed by atoms with E-state index in [9.17, 15) is 9.59 Å². The fourth-order valence-corrected chi connectivity index (χ4v) is 5.22. The van der Waals surface area contributed by atoms with Crippen LogP contribution in [0.25, 0.3) is 0 Å². The Balaban J connectivity index is 1.75. The average Bonchev–Trinajstić information content (AvgIpc) is 2.60. The van der Waals surface area contributed by atoms with Gasteiger partial charge in [-0.15, -0.1) is 0 Å². The van der Waals surface area contributed by atoms with Crippen LogP contribution in [0.1, 0.15) is 44.9 Å². The molecule has 5 unspecified atom stereocenters. The highest BCUT2D eigenvalue weighted by molar-refractivity contribution is 6.00. The van der Waals surface area contributed by atoms with Gasteiger partial charge in [0.15, 0.2) is 0 Å². The number of imide groups is 1. The van der Waals surface area contributed by atoms with Crippen molar-refractivity contribution in [2.24, 2.45) is 23.7 Å². The van der Waals surface area contributed by atoms with Gasteiger partial charge >= 0.3 is 0 Å². The first-order chi connectivity index (χ1) is 11.7. The molecular formula is C18H30N2O4. The maximum absolute atomic E-state index is 12.8. The Kier molecular flexibility index (Phi) is 5.89. The van der Waals surface area contributed by atoms with Gasteiger partial charge in [-0.1, -0.05) is 6.42 Å². The van der Waals surface area contributed by atoms with Gasteiger partial charge in [-0.2, -0.15) is 0 Å². The Labute approximate surface area is 143 Å². The van der Waals surface area contributed by atoms with Crippen LogP contribution in [-0.4, -0.2) is 59.3 Å². The summed E-state index contributed by atoms with van der Waals surface area (Å²) < 4.78 is 0. The number of nitrogens with zero attached hydrogens (tertiary/aromatic N) is 1. The van der Waals surface area contributed by atoms with Crippen LogP contribution in [0.5, 0.6) is 0 Å². The number of rotatable bonds is 7. The number of aliphatic hydroxyl groups is 2. The van der Waals surface area contributed by atoms with Gasteiger partial charge in [-0.05, 0) is 56.9 Å². The molecule has 0 bridgehead atoms. The van der Waals surface area contributed by atoms with Crippen molar-refractivity contribution in [3.05, 3.63) is 0 Å². The second-order valence-corrected chi connectivity index (χ2v) is 7.51. The molecule has 6 nitrogen and oxygen atoms in total. The Morgan fingerprint density at radius 2 is 1.67 bits per heavy atom. The third-order valence-electron chi connectivity index (χ3n) is 6.23. The van der Waals surface area contributed by atoms with Crippen molar-refractivity contribution in [3.63, 3.8) is 0 Å². The highest BCUT2D eigenvalue weighted by atomic mass is 16.3. The summed E-state index contributed by atoms with van der Waals surface area (Å²) in [4.78, 5) is 27.1. The molecule has 0 spiro atoms. The van der Waals surface area contributed by atoms with E-state index in [0.29, 0.717) is 24.9 Å². The highest BCUT2D eigenvalue weighted by Gasteiger charge is 2.55. The minimum Gasteiger partial charge on any atom is -0.396 e. The number of carbonyl (C=O) groups excluding carboxylic acids is 2. The Bertz CT molecular complexity index is 452. The van der Waals surface area contributed by atoms with Crippen molar-refractivity contribution in [2.75, 3.05) is 26.3 Å². The van der Waals surface area contributed by atoms with E-state index in [4.69, 9.17) is 10.2 Å². The molecule has 2 saturated carbocycles. The van der Waals surface area contributed by atoms with E-state index >= 15 is 0 Å². The number of aliphatic hydroxyl groups excluding tert-OH is 2. The van der Waals surface area contributed by atoms with Crippen molar-refractivity contribution in [3.8, 4) is 0 Å². The van der Waals surface area contributed by atoms with Crippen molar-refractivity contribution < 1.29 is 19.8 Å². The minimum absolute atomic E-state index is 0.00425. The molecule has 6 heteroatoms. The normalized spacial score (nSPS) is 35.9. The quantitative estimate of drug-likeness (QED) is 0.465. The molecule has 0 aromatic rings. The zero-order valence-corrected chi connectivity index (χ0v) is 14.3. The van der Waals surface area contributed by atoms with E-state index in [2.05, 4.69) is 5.32 Å². The first-order valence-electron chi connectivity index (χ1n) is 9.49. The molecule has 3 N–H and O–H groups in total. The number of hydrogen-bond acceptors (Lipinski definition) is 5. The fourth-order valence-electron chi connectivity index (χ4n) is 5.22. The maximum Gasteiger partial charge on any atom is 0.232 e. The number of amides is 2. The van der Waals surface area contributed by atoms with Gasteiger partial charge in [0, 0.05) is 37.6 Å². The summed E-state index contributed by atoms with van der Waals surface area (Å²) in [7, 11) is 0. The summed E-state index contributed by atoms with van der Waals surface area (Å²) >= 11 is 0. The number of hydrogen-bond donors (Lipinski definition) is 3. The van der Waals surface area contributed by atoms with Crippen LogP contribution < -0.4 is 5.32 Å². The first-order valence-corrected chi connectivity index (χ1v) is 9.49. The molecule has 3 fully saturated rings. The van der Waals surface area contributed by atoms with Gasteiger partial charge in [-0.25, -0.2) is 0 Å². The van der Waals surface area contributed by atoms with E-state index in [1.54, 1.807) is 0 Å². The van der Waals surface area contributed by atoms with Crippen LogP contribution in [0.3, 0.4) is 0 Å². The van der Waals surface area contributed by atoms with Crippen molar-refractivity contribution in [1.29, 1.82) is 0 Å². The monoisotopic (exact) mass is 338 g/mol. The lowest BCUT2D eigenvalue weighted by Gasteiger charge is -2.53. The molecule has 3 aliphatic rings. The molecule has 5 atom stereocenters. The molecule has 2 amide bonds. The summed E-state index contributed by atoms with van der Waals surface area (Å²) in [6, 6.07) is 0.366. The lowest BCUT2D eigenvalue weighted by atomic mass is 9.57. The van der Waals surface area contributed by atoms with E-state index in [0.717, 1.165) is 45.1 Å². The molecule has 0 radical (unpaired) electrons. The van der Waals surface area contributed by atoms with Crippen LogP contribution in [-0.2, 0) is 9.59 Å². The average molecular weight is 338 g/mol. The highest BCUT2D eigenvalue weighted by Crippen LogP contribution is 2.50. The first kappa shape index (κ1) is 17.8. The number of carbonyl (C=O) groups is 2. The maximum atomic E-state index is 12.8. The minimum atomic E-state index is -0.0208.